The number of hydrogen-bond acceptors (Lipinski definition) is 5. The topological polar surface area (TPSA) is 56.3 Å². The lowest BCUT2D eigenvalue weighted by Crippen LogP contribution is -2.06. The summed E-state index contributed by atoms with van der Waals surface area (Å²) in [5.41, 5.74) is 3.53. The van der Waals surface area contributed by atoms with Crippen LogP contribution in [0.15, 0.2) is 24.5 Å². The maximum atomic E-state index is 5.52. The molecule has 0 saturated carbocycles. The second-order valence-corrected chi connectivity index (χ2v) is 5.01. The Bertz CT molecular complexity index is 600. The number of hydrogen-bond donors (Lipinski definition) is 1. The fourth-order valence-electron chi connectivity index (χ4n) is 2.82. The van der Waals surface area contributed by atoms with Gasteiger partial charge in [0.25, 0.3) is 0 Å². The van der Waals surface area contributed by atoms with Crippen molar-refractivity contribution in [2.24, 2.45) is 0 Å². The Morgan fingerprint density at radius 2 is 2.15 bits per heavy atom. The van der Waals surface area contributed by atoms with Gasteiger partial charge >= 0.3 is 0 Å². The summed E-state index contributed by atoms with van der Waals surface area (Å²) in [6, 6.07) is 5.95. The van der Waals surface area contributed by atoms with E-state index in [1.165, 1.54) is 17.7 Å². The van der Waals surface area contributed by atoms with Crippen LogP contribution in [0.4, 0.5) is 5.82 Å². The Morgan fingerprint density at radius 1 is 1.15 bits per heavy atom. The van der Waals surface area contributed by atoms with Crippen LogP contribution in [0.3, 0.4) is 0 Å². The summed E-state index contributed by atoms with van der Waals surface area (Å²) < 4.78 is 10.9. The van der Waals surface area contributed by atoms with Crippen molar-refractivity contribution >= 4 is 5.82 Å². The molecule has 0 bridgehead atoms. The van der Waals surface area contributed by atoms with Gasteiger partial charge in [0.05, 0.1) is 0 Å². The summed E-state index contributed by atoms with van der Waals surface area (Å²) in [5.74, 6) is 2.60. The van der Waals surface area contributed by atoms with E-state index in [4.69, 9.17) is 9.47 Å². The molecule has 102 valence electrons. The molecule has 1 aliphatic heterocycles. The van der Waals surface area contributed by atoms with Gasteiger partial charge in [-0.25, -0.2) is 9.97 Å². The van der Waals surface area contributed by atoms with Crippen LogP contribution >= 0.6 is 0 Å². The van der Waals surface area contributed by atoms with Crippen molar-refractivity contribution in [1.29, 1.82) is 0 Å². The minimum atomic E-state index is 0.301. The largest absolute Gasteiger partial charge is 0.454 e. The molecule has 5 heteroatoms. The Labute approximate surface area is 117 Å². The minimum absolute atomic E-state index is 0.301. The fraction of sp³-hybridized carbons (Fsp3) is 0.333. The summed E-state index contributed by atoms with van der Waals surface area (Å²) in [5, 5.41) is 3.40. The third kappa shape index (κ3) is 1.86. The van der Waals surface area contributed by atoms with Crippen molar-refractivity contribution in [1.82, 2.24) is 9.97 Å². The van der Waals surface area contributed by atoms with Crippen LogP contribution in [0.2, 0.25) is 0 Å². The quantitative estimate of drug-likeness (QED) is 0.926. The van der Waals surface area contributed by atoms with Gasteiger partial charge in [0.2, 0.25) is 6.79 Å². The Balaban J connectivity index is 1.57. The summed E-state index contributed by atoms with van der Waals surface area (Å²) in [6.07, 6.45) is 4.93. The molecule has 0 radical (unpaired) electrons. The van der Waals surface area contributed by atoms with Gasteiger partial charge in [-0.15, -0.1) is 0 Å². The van der Waals surface area contributed by atoms with Crippen LogP contribution in [-0.4, -0.2) is 16.8 Å². The second kappa shape index (κ2) is 4.67. The van der Waals surface area contributed by atoms with E-state index in [2.05, 4.69) is 15.3 Å². The normalized spacial score (nSPS) is 15.2. The summed E-state index contributed by atoms with van der Waals surface area (Å²) in [7, 11) is 0. The lowest BCUT2D eigenvalue weighted by molar-refractivity contribution is 0.173. The van der Waals surface area contributed by atoms with Gasteiger partial charge < -0.3 is 14.8 Å². The number of rotatable bonds is 3. The number of ether oxygens (including phenoxy) is 2. The van der Waals surface area contributed by atoms with Crippen LogP contribution in [-0.2, 0) is 19.4 Å². The Kier molecular flexibility index (Phi) is 2.69. The lowest BCUT2D eigenvalue weighted by atomic mass is 10.1. The molecule has 1 N–H and O–H groups in total. The molecule has 0 saturated heterocycles. The zero-order valence-corrected chi connectivity index (χ0v) is 11.1. The number of aromatic nitrogens is 2. The molecule has 2 aliphatic rings. The molecule has 1 aromatic heterocycles. The van der Waals surface area contributed by atoms with E-state index in [1.54, 1.807) is 6.33 Å². The van der Waals surface area contributed by atoms with Crippen LogP contribution < -0.4 is 14.8 Å². The number of benzene rings is 1. The highest BCUT2D eigenvalue weighted by Crippen LogP contribution is 2.35. The second-order valence-electron chi connectivity index (χ2n) is 5.01. The van der Waals surface area contributed by atoms with Crippen LogP contribution in [0.1, 0.15) is 23.2 Å². The first-order valence-corrected chi connectivity index (χ1v) is 6.86. The number of fused-ring (bicyclic) bond motifs is 2. The monoisotopic (exact) mass is 269 g/mol. The highest BCUT2D eigenvalue weighted by Gasteiger charge is 2.19. The van der Waals surface area contributed by atoms with Crippen molar-refractivity contribution in [2.75, 3.05) is 12.1 Å². The van der Waals surface area contributed by atoms with E-state index in [0.29, 0.717) is 13.3 Å². The first-order chi connectivity index (χ1) is 9.92. The zero-order valence-electron chi connectivity index (χ0n) is 11.1. The molecule has 0 fully saturated rings. The molecular formula is C15H15N3O2. The van der Waals surface area contributed by atoms with Gasteiger partial charge in [0.1, 0.15) is 12.1 Å². The fourth-order valence-corrected chi connectivity index (χ4v) is 2.82. The molecule has 4 rings (SSSR count). The zero-order chi connectivity index (χ0) is 13.4. The highest BCUT2D eigenvalue weighted by molar-refractivity contribution is 5.52. The molecule has 0 atom stereocenters. The molecule has 2 heterocycles. The molecule has 1 aliphatic carbocycles. The van der Waals surface area contributed by atoms with E-state index in [-0.39, 0.29) is 0 Å². The molecule has 2 aromatic rings. The standard InChI is InChI=1S/C15H15N3O2/c1-3-10(14-13(6-1)19-9-20-14)7-16-15-11-4-2-5-12(11)17-8-18-15/h1,3,6,8H,2,4-5,7,9H2,(H,16,17,18). The van der Waals surface area contributed by atoms with E-state index >= 15 is 0 Å². The van der Waals surface area contributed by atoms with E-state index in [9.17, 15) is 0 Å². The minimum Gasteiger partial charge on any atom is -0.454 e. The van der Waals surface area contributed by atoms with Gasteiger partial charge in [0, 0.05) is 23.4 Å². The molecule has 5 nitrogen and oxygen atoms in total. The Hall–Kier alpha value is -2.30. The van der Waals surface area contributed by atoms with Crippen molar-refractivity contribution in [3.63, 3.8) is 0 Å². The molecule has 20 heavy (non-hydrogen) atoms. The first kappa shape index (κ1) is 11.5. The maximum Gasteiger partial charge on any atom is 0.231 e. The molecular weight excluding hydrogens is 254 g/mol. The molecule has 0 spiro atoms. The van der Waals surface area contributed by atoms with Crippen LogP contribution in [0.25, 0.3) is 0 Å². The average molecular weight is 269 g/mol. The van der Waals surface area contributed by atoms with Gasteiger partial charge in [0.15, 0.2) is 11.5 Å². The van der Waals surface area contributed by atoms with Crippen LogP contribution in [0.5, 0.6) is 11.5 Å². The van der Waals surface area contributed by atoms with Crippen molar-refractivity contribution in [2.45, 2.75) is 25.8 Å². The van der Waals surface area contributed by atoms with Gasteiger partial charge in [-0.05, 0) is 25.3 Å². The average Bonchev–Trinajstić information content (AvgIpc) is 3.13. The summed E-state index contributed by atoms with van der Waals surface area (Å²) in [4.78, 5) is 8.70. The predicted octanol–water partition coefficient (Wildman–Crippen LogP) is 2.31. The number of para-hydroxylation sites is 1. The van der Waals surface area contributed by atoms with Gasteiger partial charge in [-0.2, -0.15) is 0 Å². The third-order valence-corrected chi connectivity index (χ3v) is 3.80. The van der Waals surface area contributed by atoms with Crippen LogP contribution in [0, 0.1) is 0 Å². The third-order valence-electron chi connectivity index (χ3n) is 3.80. The van der Waals surface area contributed by atoms with E-state index in [1.807, 2.05) is 18.2 Å². The van der Waals surface area contributed by atoms with E-state index < -0.39 is 0 Å². The van der Waals surface area contributed by atoms with Crippen molar-refractivity contribution < 1.29 is 9.47 Å². The van der Waals surface area contributed by atoms with Crippen molar-refractivity contribution in [3.8, 4) is 11.5 Å². The number of nitrogens with zero attached hydrogens (tertiary/aromatic N) is 2. The summed E-state index contributed by atoms with van der Waals surface area (Å²) in [6.45, 7) is 0.977. The number of aryl methyl sites for hydroxylation is 1. The highest BCUT2D eigenvalue weighted by atomic mass is 16.7. The smallest absolute Gasteiger partial charge is 0.231 e. The first-order valence-electron chi connectivity index (χ1n) is 6.86. The molecule has 0 amide bonds. The predicted molar refractivity (Wildman–Crippen MR) is 73.9 cm³/mol. The Morgan fingerprint density at radius 3 is 3.15 bits per heavy atom. The molecule has 0 unspecified atom stereocenters. The lowest BCUT2D eigenvalue weighted by Gasteiger charge is -2.11. The summed E-state index contributed by atoms with van der Waals surface area (Å²) >= 11 is 0. The van der Waals surface area contributed by atoms with Gasteiger partial charge in [-0.3, -0.25) is 0 Å². The number of nitrogens with one attached hydrogen (secondary N) is 1. The van der Waals surface area contributed by atoms with Gasteiger partial charge in [-0.1, -0.05) is 12.1 Å². The molecule has 1 aromatic carbocycles. The van der Waals surface area contributed by atoms with Crippen molar-refractivity contribution in [3.05, 3.63) is 41.3 Å². The SMILES string of the molecule is c1cc(CNc2ncnc3c2CCC3)c2c(c1)OCO2. The number of anilines is 1. The maximum absolute atomic E-state index is 5.52. The van der Waals surface area contributed by atoms with E-state index in [0.717, 1.165) is 35.7 Å².